The number of benzene rings is 1. The minimum absolute atomic E-state index is 0.0205. The average molecular weight is 399 g/mol. The molecule has 4 saturated carbocycles. The Morgan fingerprint density at radius 3 is 2.45 bits per heavy atom. The van der Waals surface area contributed by atoms with E-state index in [2.05, 4.69) is 10.6 Å². The second kappa shape index (κ2) is 6.64. The largest absolute Gasteiger partial charge is 0.486 e. The van der Waals surface area contributed by atoms with Crippen molar-refractivity contribution >= 4 is 11.8 Å². The van der Waals surface area contributed by atoms with Gasteiger partial charge in [0.15, 0.2) is 11.5 Å². The van der Waals surface area contributed by atoms with E-state index in [1.165, 1.54) is 6.42 Å². The summed E-state index contributed by atoms with van der Waals surface area (Å²) in [5, 5.41) is 6.52. The molecule has 0 spiro atoms. The number of carbonyl (C=O) groups excluding carboxylic acids is 2. The minimum Gasteiger partial charge on any atom is -0.486 e. The molecule has 0 saturated heterocycles. The Morgan fingerprint density at radius 2 is 1.76 bits per heavy atom. The molecule has 3 atom stereocenters. The maximum absolute atomic E-state index is 13.5. The molecule has 0 radical (unpaired) electrons. The smallest absolute Gasteiger partial charge is 0.226 e. The molecule has 0 unspecified atom stereocenters. The van der Waals surface area contributed by atoms with Crippen LogP contribution in [0.1, 0.15) is 64.0 Å². The van der Waals surface area contributed by atoms with Crippen LogP contribution in [-0.2, 0) is 9.59 Å². The van der Waals surface area contributed by atoms with E-state index >= 15 is 0 Å². The molecule has 2 amide bonds. The van der Waals surface area contributed by atoms with Crippen LogP contribution in [0.2, 0.25) is 0 Å². The fraction of sp³-hybridized carbons (Fsp3) is 0.652. The van der Waals surface area contributed by atoms with Crippen molar-refractivity contribution in [2.24, 2.45) is 17.3 Å². The highest BCUT2D eigenvalue weighted by Crippen LogP contribution is 2.61. The van der Waals surface area contributed by atoms with Crippen molar-refractivity contribution in [1.82, 2.24) is 10.6 Å². The Balaban J connectivity index is 1.34. The predicted octanol–water partition coefficient (Wildman–Crippen LogP) is 3.11. The predicted molar refractivity (Wildman–Crippen MR) is 108 cm³/mol. The summed E-state index contributed by atoms with van der Waals surface area (Å²) in [6.45, 7) is 4.73. The van der Waals surface area contributed by atoms with Crippen LogP contribution >= 0.6 is 0 Å². The van der Waals surface area contributed by atoms with Gasteiger partial charge in [-0.1, -0.05) is 6.07 Å². The van der Waals surface area contributed by atoms with Gasteiger partial charge in [-0.3, -0.25) is 9.59 Å². The molecule has 29 heavy (non-hydrogen) atoms. The molecule has 156 valence electrons. The number of rotatable bonds is 4. The highest BCUT2D eigenvalue weighted by molar-refractivity contribution is 5.84. The molecule has 5 aliphatic rings. The summed E-state index contributed by atoms with van der Waals surface area (Å²) in [7, 11) is 0. The molecule has 2 N–H and O–H groups in total. The lowest BCUT2D eigenvalue weighted by Crippen LogP contribution is -2.65. The number of hydrogen-bond donors (Lipinski definition) is 2. The highest BCUT2D eigenvalue weighted by atomic mass is 16.6. The Kier molecular flexibility index (Phi) is 4.30. The number of ether oxygens (including phenoxy) is 2. The van der Waals surface area contributed by atoms with E-state index in [4.69, 9.17) is 9.47 Å². The number of nitrogens with one attached hydrogen (secondary N) is 2. The molecule has 6 rings (SSSR count). The Labute approximate surface area is 171 Å². The zero-order valence-electron chi connectivity index (χ0n) is 17.3. The van der Waals surface area contributed by atoms with Crippen LogP contribution in [0.5, 0.6) is 11.5 Å². The van der Waals surface area contributed by atoms with Gasteiger partial charge in [-0.15, -0.1) is 0 Å². The Hall–Kier alpha value is -2.24. The van der Waals surface area contributed by atoms with Crippen LogP contribution in [0.3, 0.4) is 0 Å². The first kappa shape index (κ1) is 18.8. The van der Waals surface area contributed by atoms with Gasteiger partial charge in [0.05, 0.1) is 11.5 Å². The van der Waals surface area contributed by atoms with Crippen LogP contribution < -0.4 is 20.1 Å². The number of hydrogen-bond acceptors (Lipinski definition) is 4. The van der Waals surface area contributed by atoms with Gasteiger partial charge in [0, 0.05) is 12.5 Å². The van der Waals surface area contributed by atoms with E-state index in [-0.39, 0.29) is 28.8 Å². The summed E-state index contributed by atoms with van der Waals surface area (Å²) in [6, 6.07) is 5.78. The quantitative estimate of drug-likeness (QED) is 0.817. The SMILES string of the molecule is CC(=O)NC12C[C@@H]3C[C@@H](C1)CC(C(=O)N[C@@H](C)c1ccc4c(c1)OCCO4)(C3)C2. The van der Waals surface area contributed by atoms with Gasteiger partial charge in [-0.05, 0) is 75.0 Å². The minimum atomic E-state index is -0.353. The molecular weight excluding hydrogens is 368 g/mol. The molecule has 4 aliphatic carbocycles. The van der Waals surface area contributed by atoms with Crippen molar-refractivity contribution in [3.05, 3.63) is 23.8 Å². The van der Waals surface area contributed by atoms with Crippen LogP contribution in [-0.4, -0.2) is 30.6 Å². The third-order valence-electron chi connectivity index (χ3n) is 7.40. The first-order valence-corrected chi connectivity index (χ1v) is 10.9. The molecule has 0 aromatic heterocycles. The third-order valence-corrected chi connectivity index (χ3v) is 7.40. The van der Waals surface area contributed by atoms with Gasteiger partial charge in [-0.25, -0.2) is 0 Å². The molecule has 4 bridgehead atoms. The van der Waals surface area contributed by atoms with Crippen molar-refractivity contribution < 1.29 is 19.1 Å². The first-order chi connectivity index (χ1) is 13.9. The molecule has 1 aromatic rings. The number of carbonyl (C=O) groups is 2. The summed E-state index contributed by atoms with van der Waals surface area (Å²) in [5.74, 6) is 2.75. The molecular formula is C23H30N2O4. The lowest BCUT2D eigenvalue weighted by Gasteiger charge is -2.61. The van der Waals surface area contributed by atoms with Crippen molar-refractivity contribution in [2.45, 2.75) is 64.0 Å². The fourth-order valence-corrected chi connectivity index (χ4v) is 6.81. The lowest BCUT2D eigenvalue weighted by molar-refractivity contribution is -0.153. The number of fused-ring (bicyclic) bond motifs is 1. The van der Waals surface area contributed by atoms with E-state index < -0.39 is 0 Å². The monoisotopic (exact) mass is 398 g/mol. The van der Waals surface area contributed by atoms with Gasteiger partial charge in [0.2, 0.25) is 11.8 Å². The Bertz CT molecular complexity index is 837. The fourth-order valence-electron chi connectivity index (χ4n) is 6.81. The van der Waals surface area contributed by atoms with E-state index in [0.29, 0.717) is 25.0 Å². The van der Waals surface area contributed by atoms with Crippen LogP contribution in [0.25, 0.3) is 0 Å². The molecule has 6 heteroatoms. The van der Waals surface area contributed by atoms with Gasteiger partial charge >= 0.3 is 0 Å². The molecule has 1 heterocycles. The summed E-state index contributed by atoms with van der Waals surface area (Å²) in [5.41, 5.74) is 0.478. The van der Waals surface area contributed by atoms with Crippen molar-refractivity contribution in [2.75, 3.05) is 13.2 Å². The second-order valence-corrected chi connectivity index (χ2v) is 9.80. The summed E-state index contributed by atoms with van der Waals surface area (Å²) in [6.07, 6.45) is 5.92. The van der Waals surface area contributed by atoms with Crippen molar-refractivity contribution in [1.29, 1.82) is 0 Å². The molecule has 6 nitrogen and oxygen atoms in total. The van der Waals surface area contributed by atoms with Crippen molar-refractivity contribution in [3.8, 4) is 11.5 Å². The van der Waals surface area contributed by atoms with E-state index in [0.717, 1.165) is 49.2 Å². The molecule has 4 fully saturated rings. The Morgan fingerprint density at radius 1 is 1.07 bits per heavy atom. The zero-order chi connectivity index (χ0) is 20.2. The summed E-state index contributed by atoms with van der Waals surface area (Å²) in [4.78, 5) is 25.4. The highest BCUT2D eigenvalue weighted by Gasteiger charge is 2.60. The van der Waals surface area contributed by atoms with Crippen LogP contribution in [0.4, 0.5) is 0 Å². The zero-order valence-corrected chi connectivity index (χ0v) is 17.3. The van der Waals surface area contributed by atoms with Gasteiger partial charge < -0.3 is 20.1 Å². The lowest BCUT2D eigenvalue weighted by atomic mass is 9.46. The van der Waals surface area contributed by atoms with Gasteiger partial charge in [-0.2, -0.15) is 0 Å². The van der Waals surface area contributed by atoms with Crippen LogP contribution in [0, 0.1) is 17.3 Å². The summed E-state index contributed by atoms with van der Waals surface area (Å²) >= 11 is 0. The van der Waals surface area contributed by atoms with E-state index in [1.54, 1.807) is 6.92 Å². The summed E-state index contributed by atoms with van der Waals surface area (Å²) < 4.78 is 11.3. The van der Waals surface area contributed by atoms with Crippen molar-refractivity contribution in [3.63, 3.8) is 0 Å². The standard InChI is InChI=1S/C23H30N2O4/c1-14(18-3-4-19-20(8-18)29-6-5-28-19)24-21(27)22-9-16-7-17(10-22)12-23(11-16,13-22)25-15(2)26/h3-4,8,14,16-17H,5-7,9-13H2,1-2H3,(H,24,27)(H,25,26)/t14-,16+,17+,22?,23?/m0/s1. The first-order valence-electron chi connectivity index (χ1n) is 10.9. The normalized spacial score (nSPS) is 35.1. The third kappa shape index (κ3) is 3.26. The number of amides is 2. The van der Waals surface area contributed by atoms with Gasteiger partial charge in [0.25, 0.3) is 0 Å². The van der Waals surface area contributed by atoms with E-state index in [9.17, 15) is 9.59 Å². The second-order valence-electron chi connectivity index (χ2n) is 9.80. The average Bonchev–Trinajstić information content (AvgIpc) is 2.65. The van der Waals surface area contributed by atoms with Gasteiger partial charge in [0.1, 0.15) is 13.2 Å². The van der Waals surface area contributed by atoms with E-state index in [1.807, 2.05) is 25.1 Å². The molecule has 1 aliphatic heterocycles. The maximum Gasteiger partial charge on any atom is 0.226 e. The van der Waals surface area contributed by atoms with Crippen LogP contribution in [0.15, 0.2) is 18.2 Å². The maximum atomic E-state index is 13.5. The topological polar surface area (TPSA) is 76.7 Å². The molecule has 1 aromatic carbocycles.